The van der Waals surface area contributed by atoms with Crippen LogP contribution in [-0.2, 0) is 19.1 Å². The van der Waals surface area contributed by atoms with Crippen LogP contribution in [0.5, 0.6) is 0 Å². The van der Waals surface area contributed by atoms with Crippen LogP contribution in [0.3, 0.4) is 0 Å². The molecule has 3 unspecified atom stereocenters. The van der Waals surface area contributed by atoms with Crippen molar-refractivity contribution in [1.29, 1.82) is 0 Å². The maximum atomic E-state index is 13.9. The van der Waals surface area contributed by atoms with Crippen LogP contribution in [-0.4, -0.2) is 40.9 Å². The molecule has 0 saturated carbocycles. The highest BCUT2D eigenvalue weighted by Crippen LogP contribution is 2.35. The van der Waals surface area contributed by atoms with Gasteiger partial charge in [-0.05, 0) is 19.9 Å². The normalized spacial score (nSPS) is 25.3. The first kappa shape index (κ1) is 22.6. The Kier molecular flexibility index (Phi) is 7.31. The van der Waals surface area contributed by atoms with Gasteiger partial charge in [0.05, 0.1) is 10.7 Å². The van der Waals surface area contributed by atoms with Crippen LogP contribution in [0, 0.1) is 11.6 Å². The standard InChI is InChI=1S/C14H13ClF2N2O4S.CH4S2/c1-14(2)22-10-9(18-12(20)11(10)23-14)13(21)19(24)8-3-5(15)6(16)4-7(8)17;2-1-3/h3-4,9-11,24H,1-2H3,(H,18,20);2-3H,1H2. The summed E-state index contributed by atoms with van der Waals surface area (Å²) in [5, 5.41) is 2.70. The summed E-state index contributed by atoms with van der Waals surface area (Å²) >= 11 is 16.9. The minimum absolute atomic E-state index is 0.342. The molecule has 27 heavy (non-hydrogen) atoms. The van der Waals surface area contributed by atoms with Crippen LogP contribution in [0.1, 0.15) is 13.8 Å². The van der Waals surface area contributed by atoms with Gasteiger partial charge in [0.2, 0.25) is 0 Å². The van der Waals surface area contributed by atoms with E-state index in [1.807, 2.05) is 0 Å². The fourth-order valence-corrected chi connectivity index (χ4v) is 3.12. The Labute approximate surface area is 176 Å². The molecule has 2 saturated heterocycles. The van der Waals surface area contributed by atoms with Crippen molar-refractivity contribution in [2.24, 2.45) is 0 Å². The first-order chi connectivity index (χ1) is 12.5. The lowest BCUT2D eigenvalue weighted by Gasteiger charge is -2.25. The second kappa shape index (κ2) is 8.75. The number of hydrogen-bond acceptors (Lipinski definition) is 7. The summed E-state index contributed by atoms with van der Waals surface area (Å²) in [6.07, 6.45) is -1.83. The highest BCUT2D eigenvalue weighted by atomic mass is 35.5. The molecule has 12 heteroatoms. The van der Waals surface area contributed by atoms with E-state index >= 15 is 0 Å². The number of carbonyl (C=O) groups excluding carboxylic acids is 2. The van der Waals surface area contributed by atoms with Crippen molar-refractivity contribution in [3.8, 4) is 0 Å². The summed E-state index contributed by atoms with van der Waals surface area (Å²) in [7, 11) is 0. The zero-order valence-electron chi connectivity index (χ0n) is 14.1. The van der Waals surface area contributed by atoms with Gasteiger partial charge in [0.25, 0.3) is 11.8 Å². The Morgan fingerprint density at radius 2 is 1.89 bits per heavy atom. The van der Waals surface area contributed by atoms with E-state index in [4.69, 9.17) is 21.1 Å². The molecule has 0 radical (unpaired) electrons. The van der Waals surface area contributed by atoms with Gasteiger partial charge in [-0.15, -0.1) is 0 Å². The third kappa shape index (κ3) is 4.83. The smallest absolute Gasteiger partial charge is 0.262 e. The molecule has 1 aromatic rings. The lowest BCUT2D eigenvalue weighted by atomic mass is 10.1. The Hall–Kier alpha value is -0.720. The van der Waals surface area contributed by atoms with Crippen molar-refractivity contribution in [3.05, 3.63) is 28.8 Å². The molecule has 0 aromatic heterocycles. The van der Waals surface area contributed by atoms with Crippen molar-refractivity contribution >= 4 is 67.2 Å². The maximum Gasteiger partial charge on any atom is 0.262 e. The second-order valence-electron chi connectivity index (χ2n) is 6.02. The molecule has 1 N–H and O–H groups in total. The summed E-state index contributed by atoms with van der Waals surface area (Å²) in [5.74, 6) is -4.29. The van der Waals surface area contributed by atoms with E-state index in [9.17, 15) is 18.4 Å². The van der Waals surface area contributed by atoms with E-state index in [1.165, 1.54) is 0 Å². The number of anilines is 1. The molecule has 6 nitrogen and oxygen atoms in total. The van der Waals surface area contributed by atoms with Crippen molar-refractivity contribution in [2.45, 2.75) is 37.9 Å². The number of rotatable bonds is 2. The zero-order valence-corrected chi connectivity index (χ0v) is 17.6. The first-order valence-corrected chi connectivity index (χ1v) is 9.61. The van der Waals surface area contributed by atoms with Crippen LogP contribution in [0.2, 0.25) is 5.02 Å². The lowest BCUT2D eigenvalue weighted by molar-refractivity contribution is -0.163. The number of benzene rings is 1. The average Bonchev–Trinajstić information content (AvgIpc) is 3.04. The predicted octanol–water partition coefficient (Wildman–Crippen LogP) is 2.62. The number of thiol groups is 3. The summed E-state index contributed by atoms with van der Waals surface area (Å²) in [5.41, 5.74) is -0.342. The lowest BCUT2D eigenvalue weighted by Crippen LogP contribution is -2.47. The maximum absolute atomic E-state index is 13.9. The molecule has 3 atom stereocenters. The fourth-order valence-electron chi connectivity index (χ4n) is 2.68. The number of nitrogens with zero attached hydrogens (tertiary/aromatic N) is 1. The first-order valence-electron chi connectivity index (χ1n) is 7.57. The molecule has 150 valence electrons. The van der Waals surface area contributed by atoms with Gasteiger partial charge in [-0.3, -0.25) is 13.9 Å². The topological polar surface area (TPSA) is 67.9 Å². The van der Waals surface area contributed by atoms with E-state index in [0.717, 1.165) is 6.07 Å². The zero-order chi connectivity index (χ0) is 20.5. The number of ether oxygens (including phenoxy) is 2. The summed E-state index contributed by atoms with van der Waals surface area (Å²) in [6, 6.07) is 0.356. The van der Waals surface area contributed by atoms with Crippen LogP contribution >= 0.6 is 49.7 Å². The molecule has 1 aromatic carbocycles. The van der Waals surface area contributed by atoms with Crippen LogP contribution < -0.4 is 9.62 Å². The Balaban J connectivity index is 0.000000817. The number of hydrogen-bond donors (Lipinski definition) is 4. The molecule has 0 spiro atoms. The molecule has 0 bridgehead atoms. The molecule has 0 aliphatic carbocycles. The van der Waals surface area contributed by atoms with Crippen LogP contribution in [0.4, 0.5) is 14.5 Å². The Bertz CT molecular complexity index is 756. The van der Waals surface area contributed by atoms with E-state index in [0.29, 0.717) is 15.5 Å². The molecule has 2 aliphatic rings. The van der Waals surface area contributed by atoms with Gasteiger partial charge in [0, 0.05) is 11.2 Å². The molecule has 2 amide bonds. The van der Waals surface area contributed by atoms with E-state index < -0.39 is 47.5 Å². The van der Waals surface area contributed by atoms with Crippen molar-refractivity contribution in [1.82, 2.24) is 5.32 Å². The Morgan fingerprint density at radius 3 is 2.48 bits per heavy atom. The number of carbonyl (C=O) groups is 2. The fraction of sp³-hybridized carbons (Fsp3) is 0.467. The summed E-state index contributed by atoms with van der Waals surface area (Å²) in [6.45, 7) is 3.22. The molecule has 3 rings (SSSR count). The highest BCUT2D eigenvalue weighted by Gasteiger charge is 2.56. The molecule has 2 aliphatic heterocycles. The highest BCUT2D eigenvalue weighted by molar-refractivity contribution is 7.98. The Morgan fingerprint density at radius 1 is 1.30 bits per heavy atom. The third-order valence-corrected chi connectivity index (χ3v) is 4.41. The molecular weight excluding hydrogens is 442 g/mol. The summed E-state index contributed by atoms with van der Waals surface area (Å²) < 4.78 is 38.8. The minimum Gasteiger partial charge on any atom is -0.341 e. The van der Waals surface area contributed by atoms with Gasteiger partial charge < -0.3 is 14.8 Å². The van der Waals surface area contributed by atoms with E-state index in [1.54, 1.807) is 13.8 Å². The second-order valence-corrected chi connectivity index (χ2v) is 7.95. The van der Waals surface area contributed by atoms with Gasteiger partial charge in [-0.1, -0.05) is 24.4 Å². The van der Waals surface area contributed by atoms with Crippen molar-refractivity contribution in [3.63, 3.8) is 0 Å². The molecular formula is C15H17ClF2N2O4S3. The van der Waals surface area contributed by atoms with Crippen LogP contribution in [0.25, 0.3) is 0 Å². The van der Waals surface area contributed by atoms with E-state index in [-0.39, 0.29) is 10.7 Å². The molecule has 2 fully saturated rings. The number of nitrogens with one attached hydrogen (secondary N) is 1. The van der Waals surface area contributed by atoms with Gasteiger partial charge in [0.15, 0.2) is 17.7 Å². The van der Waals surface area contributed by atoms with Gasteiger partial charge in [-0.2, -0.15) is 25.3 Å². The third-order valence-electron chi connectivity index (χ3n) is 3.71. The largest absolute Gasteiger partial charge is 0.341 e. The van der Waals surface area contributed by atoms with Gasteiger partial charge in [-0.25, -0.2) is 8.78 Å². The number of amides is 2. The van der Waals surface area contributed by atoms with E-state index in [2.05, 4.69) is 43.4 Å². The number of halogens is 3. The SMILES string of the molecule is CC1(C)OC2C(=O)NC(C(=O)N(S)c3cc(Cl)c(F)cc3F)C2O1.SCS. The van der Waals surface area contributed by atoms with Gasteiger partial charge in [0.1, 0.15) is 18.0 Å². The minimum atomic E-state index is -1.12. The number of fused-ring (bicyclic) bond motifs is 1. The van der Waals surface area contributed by atoms with Crippen LogP contribution in [0.15, 0.2) is 12.1 Å². The monoisotopic (exact) mass is 458 g/mol. The predicted molar refractivity (Wildman–Crippen MR) is 106 cm³/mol. The van der Waals surface area contributed by atoms with Gasteiger partial charge >= 0.3 is 0 Å². The van der Waals surface area contributed by atoms with Crippen molar-refractivity contribution in [2.75, 3.05) is 9.39 Å². The molecule has 2 heterocycles. The quantitative estimate of drug-likeness (QED) is 0.312. The average molecular weight is 459 g/mol. The van der Waals surface area contributed by atoms with Crippen molar-refractivity contribution < 1.29 is 27.8 Å². The summed E-state index contributed by atoms with van der Waals surface area (Å²) in [4.78, 5) is 24.5.